The molecule has 0 radical (unpaired) electrons. The first-order valence-corrected chi connectivity index (χ1v) is 20.9. The predicted molar refractivity (Wildman–Crippen MR) is 210 cm³/mol. The van der Waals surface area contributed by atoms with Gasteiger partial charge < -0.3 is 53.7 Å². The number of esters is 1. The summed E-state index contributed by atoms with van der Waals surface area (Å²) in [6, 6.07) is -1.20. The molecule has 57 heavy (non-hydrogen) atoms. The third-order valence-electron chi connectivity index (χ3n) is 13.1. The highest BCUT2D eigenvalue weighted by Crippen LogP contribution is 2.41. The van der Waals surface area contributed by atoms with Crippen molar-refractivity contribution in [2.24, 2.45) is 29.6 Å². The number of aliphatic hydroxyl groups is 4. The minimum atomic E-state index is -2.37. The fraction of sp³-hybridized carbons (Fsp3) is 0.837. The molecule has 3 heterocycles. The Bertz CT molecular complexity index is 1420. The van der Waals surface area contributed by atoms with Crippen LogP contribution in [0, 0.1) is 29.6 Å². The van der Waals surface area contributed by atoms with Crippen LogP contribution in [0.1, 0.15) is 106 Å². The highest BCUT2D eigenvalue weighted by molar-refractivity contribution is 5.88. The molecule has 1 amide bonds. The lowest BCUT2D eigenvalue weighted by molar-refractivity contribution is -0.346. The van der Waals surface area contributed by atoms with Crippen LogP contribution in [0.4, 0.5) is 0 Å². The lowest BCUT2D eigenvalue weighted by Crippen LogP contribution is -2.66. The Balaban J connectivity index is 1.78. The quantitative estimate of drug-likeness (QED) is 0.215. The first-order valence-electron chi connectivity index (χ1n) is 20.9. The van der Waals surface area contributed by atoms with Gasteiger partial charge in [-0.2, -0.15) is 0 Å². The van der Waals surface area contributed by atoms with Gasteiger partial charge >= 0.3 is 5.97 Å². The number of hydrogen-bond acceptors (Lipinski definition) is 13. The molecule has 0 aromatic carbocycles. The van der Waals surface area contributed by atoms with Crippen LogP contribution >= 0.6 is 0 Å². The van der Waals surface area contributed by atoms with E-state index in [4.69, 9.17) is 28.4 Å². The van der Waals surface area contributed by atoms with Crippen LogP contribution in [-0.4, -0.2) is 138 Å². The lowest BCUT2D eigenvalue weighted by atomic mass is 9.81. The van der Waals surface area contributed by atoms with Gasteiger partial charge in [-0.15, -0.1) is 0 Å². The Morgan fingerprint density at radius 2 is 1.53 bits per heavy atom. The normalized spacial score (nSPS) is 43.4. The van der Waals surface area contributed by atoms with Crippen molar-refractivity contribution in [3.8, 4) is 0 Å². The van der Waals surface area contributed by atoms with Crippen molar-refractivity contribution in [3.05, 3.63) is 23.3 Å². The van der Waals surface area contributed by atoms with Gasteiger partial charge in [0.1, 0.15) is 30.3 Å². The third kappa shape index (κ3) is 10.9. The van der Waals surface area contributed by atoms with E-state index in [0.29, 0.717) is 44.1 Å². The third-order valence-corrected chi connectivity index (χ3v) is 13.1. The number of fused-ring (bicyclic) bond motifs is 3. The molecular weight excluding hydrogens is 738 g/mol. The van der Waals surface area contributed by atoms with Crippen molar-refractivity contribution in [1.82, 2.24) is 4.90 Å². The molecule has 1 aliphatic carbocycles. The highest BCUT2D eigenvalue weighted by Gasteiger charge is 2.57. The van der Waals surface area contributed by atoms with Gasteiger partial charge in [0.05, 0.1) is 30.5 Å². The van der Waals surface area contributed by atoms with E-state index < -0.39 is 90.4 Å². The van der Waals surface area contributed by atoms with Crippen LogP contribution in [0.3, 0.4) is 0 Å². The Kier molecular flexibility index (Phi) is 17.3. The van der Waals surface area contributed by atoms with E-state index in [1.807, 2.05) is 32.9 Å². The topological polar surface area (TPSA) is 191 Å². The van der Waals surface area contributed by atoms with E-state index >= 15 is 0 Å². The number of carbonyl (C=O) groups excluding carboxylic acids is 3. The van der Waals surface area contributed by atoms with Gasteiger partial charge in [0.25, 0.3) is 5.91 Å². The standard InChI is InChI=1S/C43H71NO13/c1-11-29-17-23(2)16-24(3)18-35(53-8)39-36(54-9)20-26(5)43(51,57-39)40(48)41(49)44-30(13-15-37(44)55-10)42(50)56-38(27(6)32(46)22-33(29)47)25(4)19-28-12-14-31(45)34(21-28)52-7/h17,19,24,26-32,34-40,45-46,48,51H,11-16,18,20-22H2,1-10H3/b23-17+,25-19+/t24-,26+,27+,28-,29+,30-,31+,32-,34+,35?,36-,37-,38+,39+,40?,43+/m0/s1. The number of ketones is 1. The number of ether oxygens (including phenoxy) is 6. The summed E-state index contributed by atoms with van der Waals surface area (Å²) in [6.07, 6.45) is -0.293. The van der Waals surface area contributed by atoms with E-state index in [-0.39, 0.29) is 49.4 Å². The molecule has 3 aliphatic heterocycles. The van der Waals surface area contributed by atoms with Crippen molar-refractivity contribution in [3.63, 3.8) is 0 Å². The van der Waals surface area contributed by atoms with Crippen molar-refractivity contribution in [1.29, 1.82) is 0 Å². The van der Waals surface area contributed by atoms with Crippen LogP contribution in [-0.2, 0) is 42.8 Å². The lowest BCUT2D eigenvalue weighted by Gasteiger charge is -2.49. The molecular formula is C43H71NO13. The predicted octanol–water partition coefficient (Wildman–Crippen LogP) is 3.85. The molecule has 4 N–H and O–H groups in total. The second kappa shape index (κ2) is 20.8. The molecule has 14 heteroatoms. The van der Waals surface area contributed by atoms with Crippen LogP contribution in [0.5, 0.6) is 0 Å². The van der Waals surface area contributed by atoms with Gasteiger partial charge in [0.15, 0.2) is 6.10 Å². The zero-order chi connectivity index (χ0) is 42.4. The fourth-order valence-electron chi connectivity index (χ4n) is 9.62. The molecule has 2 unspecified atom stereocenters. The van der Waals surface area contributed by atoms with Gasteiger partial charge in [-0.1, -0.05) is 45.4 Å². The van der Waals surface area contributed by atoms with E-state index in [0.717, 1.165) is 10.5 Å². The van der Waals surface area contributed by atoms with Crippen LogP contribution < -0.4 is 0 Å². The van der Waals surface area contributed by atoms with Crippen molar-refractivity contribution in [2.75, 3.05) is 28.4 Å². The molecule has 0 aromatic heterocycles. The molecule has 0 spiro atoms. The second-order valence-corrected chi connectivity index (χ2v) is 17.3. The zero-order valence-corrected chi connectivity index (χ0v) is 35.8. The first-order chi connectivity index (χ1) is 26.9. The van der Waals surface area contributed by atoms with Crippen molar-refractivity contribution in [2.45, 2.75) is 173 Å². The number of methoxy groups -OCH3 is 4. The minimum absolute atomic E-state index is 0.0109. The number of carbonyl (C=O) groups is 3. The molecule has 4 rings (SSSR count). The summed E-state index contributed by atoms with van der Waals surface area (Å²) >= 11 is 0. The highest BCUT2D eigenvalue weighted by atomic mass is 16.7. The monoisotopic (exact) mass is 809 g/mol. The Morgan fingerprint density at radius 3 is 2.14 bits per heavy atom. The number of nitrogens with zero attached hydrogens (tertiary/aromatic N) is 1. The molecule has 4 aliphatic rings. The first kappa shape index (κ1) is 47.4. The van der Waals surface area contributed by atoms with Gasteiger partial charge in [-0.3, -0.25) is 9.59 Å². The number of allylic oxidation sites excluding steroid dienone is 3. The molecule has 0 aromatic rings. The Hall–Kier alpha value is -2.27. The number of cyclic esters (lactones) is 1. The Labute approximate surface area is 339 Å². The smallest absolute Gasteiger partial charge is 0.329 e. The zero-order valence-electron chi connectivity index (χ0n) is 35.8. The molecule has 1 saturated carbocycles. The number of rotatable bonds is 7. The van der Waals surface area contributed by atoms with Crippen LogP contribution in [0.15, 0.2) is 23.3 Å². The SMILES string of the molecule is CC[C@@H]1/C=C(\C)C[C@H](C)CC(OC)[C@H]2O[C@@](O)(C(O)C(=O)N3[C@@H](OC)CC[C@H]3C(=O)O[C@H](/C(C)=C/[C@@H]3CC[C@@H](O)[C@H](OC)C3)[C@H](C)[C@@H](O)CC1=O)[C@H](C)C[C@@H]2OC. The van der Waals surface area contributed by atoms with E-state index in [1.54, 1.807) is 28.1 Å². The molecule has 2 bridgehead atoms. The average Bonchev–Trinajstić information content (AvgIpc) is 3.62. The maximum Gasteiger partial charge on any atom is 0.329 e. The molecule has 2 saturated heterocycles. The number of hydrogen-bond donors (Lipinski definition) is 4. The number of aliphatic hydroxyl groups excluding tert-OH is 3. The van der Waals surface area contributed by atoms with Crippen LogP contribution in [0.25, 0.3) is 0 Å². The molecule has 326 valence electrons. The summed E-state index contributed by atoms with van der Waals surface area (Å²) in [4.78, 5) is 43.7. The minimum Gasteiger partial charge on any atom is -0.456 e. The second-order valence-electron chi connectivity index (χ2n) is 17.3. The number of Topliss-reactive ketones (excluding diaryl/α,β-unsaturated/α-hetero) is 1. The van der Waals surface area contributed by atoms with Crippen molar-refractivity contribution < 1.29 is 63.2 Å². The van der Waals surface area contributed by atoms with Gasteiger partial charge in [-0.25, -0.2) is 4.79 Å². The summed E-state index contributed by atoms with van der Waals surface area (Å²) in [6.45, 7) is 11.2. The molecule has 16 atom stereocenters. The van der Waals surface area contributed by atoms with Crippen LogP contribution in [0.2, 0.25) is 0 Å². The summed E-state index contributed by atoms with van der Waals surface area (Å²) in [5, 5.41) is 46.1. The number of amides is 1. The van der Waals surface area contributed by atoms with E-state index in [1.165, 1.54) is 14.2 Å². The van der Waals surface area contributed by atoms with Crippen molar-refractivity contribution >= 4 is 17.7 Å². The largest absolute Gasteiger partial charge is 0.456 e. The fourth-order valence-corrected chi connectivity index (χ4v) is 9.62. The summed E-state index contributed by atoms with van der Waals surface area (Å²) in [7, 11) is 6.04. The summed E-state index contributed by atoms with van der Waals surface area (Å²) < 4.78 is 35.5. The maximum absolute atomic E-state index is 14.4. The maximum atomic E-state index is 14.4. The van der Waals surface area contributed by atoms with Gasteiger partial charge in [0.2, 0.25) is 5.79 Å². The van der Waals surface area contributed by atoms with Gasteiger partial charge in [0, 0.05) is 52.6 Å². The van der Waals surface area contributed by atoms with E-state index in [9.17, 15) is 34.8 Å². The molecule has 14 nitrogen and oxygen atoms in total. The summed E-state index contributed by atoms with van der Waals surface area (Å²) in [5.74, 6) is -6.15. The average molecular weight is 810 g/mol. The Morgan fingerprint density at radius 1 is 0.877 bits per heavy atom. The van der Waals surface area contributed by atoms with E-state index in [2.05, 4.69) is 6.92 Å². The summed E-state index contributed by atoms with van der Waals surface area (Å²) in [5.41, 5.74) is 1.65. The van der Waals surface area contributed by atoms with Gasteiger partial charge in [-0.05, 0) is 89.0 Å². The molecule has 3 fully saturated rings.